The van der Waals surface area contributed by atoms with Crippen molar-refractivity contribution in [2.75, 3.05) is 0 Å². The molecule has 0 amide bonds. The zero-order chi connectivity index (χ0) is 9.26. The first-order valence-electron chi connectivity index (χ1n) is 3.63. The number of benzene rings is 1. The lowest BCUT2D eigenvalue weighted by Gasteiger charge is -2.07. The van der Waals surface area contributed by atoms with Crippen LogP contribution in [-0.4, -0.2) is 5.17 Å². The topological polar surface area (TPSA) is 34.0 Å². The molecule has 0 saturated heterocycles. The maximum atomic E-state index is 5.20. The summed E-state index contributed by atoms with van der Waals surface area (Å²) in [7, 11) is 0. The van der Waals surface area contributed by atoms with Gasteiger partial charge in [0.1, 0.15) is 0 Å². The molecule has 0 fully saturated rings. The summed E-state index contributed by atoms with van der Waals surface area (Å²) in [6.45, 7) is 0. The maximum absolute atomic E-state index is 5.20. The summed E-state index contributed by atoms with van der Waals surface area (Å²) in [5.41, 5.74) is 0.936. The molecule has 5 heteroatoms. The number of ether oxygens (including phenoxy) is 1. The van der Waals surface area contributed by atoms with Gasteiger partial charge in [-0.15, -0.1) is 10.2 Å². The van der Waals surface area contributed by atoms with Gasteiger partial charge < -0.3 is 4.74 Å². The van der Waals surface area contributed by atoms with E-state index in [0.29, 0.717) is 0 Å². The maximum Gasteiger partial charge on any atom is 0.304 e. The average Bonchev–Trinajstić information content (AvgIpc) is 2.53. The zero-order valence-electron chi connectivity index (χ0n) is 6.48. The highest BCUT2D eigenvalue weighted by molar-refractivity contribution is 9.10. The smallest absolute Gasteiger partial charge is 0.304 e. The van der Waals surface area contributed by atoms with Crippen LogP contribution < -0.4 is 0 Å². The highest BCUT2D eigenvalue weighted by Crippen LogP contribution is 2.30. The molecule has 1 aromatic rings. The van der Waals surface area contributed by atoms with E-state index in [9.17, 15) is 0 Å². The van der Waals surface area contributed by atoms with Crippen molar-refractivity contribution in [3.63, 3.8) is 0 Å². The Balaban J connectivity index is 2.32. The second-order valence-electron chi connectivity index (χ2n) is 2.47. The molecule has 2 rings (SSSR count). The molecule has 0 spiro atoms. The number of thiocarbonyl (C=S) groups is 1. The number of azo groups is 1. The van der Waals surface area contributed by atoms with Gasteiger partial charge in [-0.2, -0.15) is 0 Å². The van der Waals surface area contributed by atoms with Gasteiger partial charge in [-0.1, -0.05) is 34.1 Å². The molecule has 0 N–H and O–H groups in total. The van der Waals surface area contributed by atoms with E-state index in [1.165, 1.54) is 0 Å². The van der Waals surface area contributed by atoms with Gasteiger partial charge in [-0.05, 0) is 18.3 Å². The quantitative estimate of drug-likeness (QED) is 0.724. The second-order valence-corrected chi connectivity index (χ2v) is 3.68. The van der Waals surface area contributed by atoms with Crippen molar-refractivity contribution >= 4 is 33.3 Å². The van der Waals surface area contributed by atoms with Crippen LogP contribution in [0.5, 0.6) is 0 Å². The van der Waals surface area contributed by atoms with Gasteiger partial charge in [0, 0.05) is 10.0 Å². The summed E-state index contributed by atoms with van der Waals surface area (Å²) < 4.78 is 6.14. The van der Waals surface area contributed by atoms with Crippen LogP contribution in [-0.2, 0) is 4.74 Å². The first-order chi connectivity index (χ1) is 6.27. The van der Waals surface area contributed by atoms with Crippen LogP contribution in [0, 0.1) is 0 Å². The summed E-state index contributed by atoms with van der Waals surface area (Å²) >= 11 is 8.14. The molecule has 3 nitrogen and oxygen atoms in total. The van der Waals surface area contributed by atoms with E-state index in [-0.39, 0.29) is 11.4 Å². The number of rotatable bonds is 1. The Labute approximate surface area is 88.9 Å². The van der Waals surface area contributed by atoms with Gasteiger partial charge in [0.15, 0.2) is 0 Å². The van der Waals surface area contributed by atoms with Crippen LogP contribution in [0.2, 0.25) is 0 Å². The molecule has 0 aliphatic carbocycles. The van der Waals surface area contributed by atoms with E-state index >= 15 is 0 Å². The van der Waals surface area contributed by atoms with Crippen molar-refractivity contribution in [1.29, 1.82) is 0 Å². The fourth-order valence-electron chi connectivity index (χ4n) is 1.04. The Morgan fingerprint density at radius 1 is 1.38 bits per heavy atom. The molecule has 1 unspecified atom stereocenters. The Bertz CT molecular complexity index is 380. The van der Waals surface area contributed by atoms with Crippen LogP contribution in [0.3, 0.4) is 0 Å². The molecule has 0 saturated carbocycles. The highest BCUT2D eigenvalue weighted by atomic mass is 79.9. The Morgan fingerprint density at radius 2 is 2.15 bits per heavy atom. The molecule has 66 valence electrons. The van der Waals surface area contributed by atoms with Gasteiger partial charge in [-0.3, -0.25) is 0 Å². The summed E-state index contributed by atoms with van der Waals surface area (Å²) in [4.78, 5) is 0. The standard InChI is InChI=1S/C8H5BrN2OS/c9-6-4-2-1-3-5(6)7-10-11-8(13)12-7/h1-4,7H. The van der Waals surface area contributed by atoms with Crippen molar-refractivity contribution < 1.29 is 4.74 Å². The lowest BCUT2D eigenvalue weighted by molar-refractivity contribution is 0.226. The summed E-state index contributed by atoms with van der Waals surface area (Å²) in [5.74, 6) is 0. The number of halogens is 1. The molecule has 1 aromatic carbocycles. The predicted molar refractivity (Wildman–Crippen MR) is 55.4 cm³/mol. The molecule has 0 aromatic heterocycles. The third kappa shape index (κ3) is 1.76. The van der Waals surface area contributed by atoms with E-state index < -0.39 is 0 Å². The zero-order valence-corrected chi connectivity index (χ0v) is 8.88. The van der Waals surface area contributed by atoms with Gasteiger partial charge in [0.2, 0.25) is 6.23 Å². The molecular weight excluding hydrogens is 252 g/mol. The van der Waals surface area contributed by atoms with Gasteiger partial charge >= 0.3 is 5.17 Å². The van der Waals surface area contributed by atoms with E-state index in [0.717, 1.165) is 10.0 Å². The van der Waals surface area contributed by atoms with Crippen molar-refractivity contribution in [3.8, 4) is 0 Å². The lowest BCUT2D eigenvalue weighted by atomic mass is 10.2. The number of nitrogens with zero attached hydrogens (tertiary/aromatic N) is 2. The Morgan fingerprint density at radius 3 is 2.77 bits per heavy atom. The number of hydrogen-bond acceptors (Lipinski definition) is 3. The van der Waals surface area contributed by atoms with E-state index in [4.69, 9.17) is 17.0 Å². The van der Waals surface area contributed by atoms with Crippen LogP contribution in [0.15, 0.2) is 39.0 Å². The highest BCUT2D eigenvalue weighted by Gasteiger charge is 2.20. The van der Waals surface area contributed by atoms with E-state index in [1.54, 1.807) is 0 Å². The summed E-state index contributed by atoms with van der Waals surface area (Å²) in [5, 5.41) is 7.72. The van der Waals surface area contributed by atoms with Gasteiger partial charge in [0.25, 0.3) is 0 Å². The van der Waals surface area contributed by atoms with Crippen LogP contribution in [0.4, 0.5) is 0 Å². The van der Waals surface area contributed by atoms with Crippen molar-refractivity contribution in [2.45, 2.75) is 6.23 Å². The Kier molecular flexibility index (Phi) is 2.37. The molecule has 1 heterocycles. The third-order valence-electron chi connectivity index (χ3n) is 1.63. The van der Waals surface area contributed by atoms with Crippen LogP contribution >= 0.6 is 28.1 Å². The fourth-order valence-corrected chi connectivity index (χ4v) is 1.66. The minimum absolute atomic E-state index is 0.195. The van der Waals surface area contributed by atoms with Crippen molar-refractivity contribution in [1.82, 2.24) is 0 Å². The van der Waals surface area contributed by atoms with Crippen molar-refractivity contribution in [3.05, 3.63) is 34.3 Å². The van der Waals surface area contributed by atoms with Crippen LogP contribution in [0.1, 0.15) is 11.8 Å². The molecule has 1 aliphatic heterocycles. The molecule has 13 heavy (non-hydrogen) atoms. The molecule has 1 aliphatic rings. The van der Waals surface area contributed by atoms with Crippen molar-refractivity contribution in [2.24, 2.45) is 10.2 Å². The van der Waals surface area contributed by atoms with Gasteiger partial charge in [-0.25, -0.2) is 0 Å². The number of hydrogen-bond donors (Lipinski definition) is 0. The average molecular weight is 257 g/mol. The van der Waals surface area contributed by atoms with Gasteiger partial charge in [0.05, 0.1) is 0 Å². The van der Waals surface area contributed by atoms with E-state index in [1.807, 2.05) is 24.3 Å². The first-order valence-corrected chi connectivity index (χ1v) is 4.83. The predicted octanol–water partition coefficient (Wildman–Crippen LogP) is 3.22. The molecule has 1 atom stereocenters. The lowest BCUT2D eigenvalue weighted by Crippen LogP contribution is -1.98. The third-order valence-corrected chi connectivity index (χ3v) is 2.53. The first kappa shape index (κ1) is 8.77. The Hall–Kier alpha value is -0.810. The SMILES string of the molecule is S=C1N=NC(c2ccccc2Br)O1. The fraction of sp³-hybridized carbons (Fsp3) is 0.125. The van der Waals surface area contributed by atoms with Crippen LogP contribution in [0.25, 0.3) is 0 Å². The molecule has 0 bridgehead atoms. The minimum atomic E-state index is -0.386. The molecular formula is C8H5BrN2OS. The molecule has 0 radical (unpaired) electrons. The largest absolute Gasteiger partial charge is 0.436 e. The summed E-state index contributed by atoms with van der Waals surface area (Å²) in [6, 6.07) is 7.69. The monoisotopic (exact) mass is 256 g/mol. The second kappa shape index (κ2) is 3.51. The summed E-state index contributed by atoms with van der Waals surface area (Å²) in [6.07, 6.45) is -0.386. The normalized spacial score (nSPS) is 20.4. The van der Waals surface area contributed by atoms with E-state index in [2.05, 4.69) is 26.2 Å². The minimum Gasteiger partial charge on any atom is -0.436 e.